The third-order valence-electron chi connectivity index (χ3n) is 3.80. The van der Waals surface area contributed by atoms with Crippen molar-refractivity contribution in [1.82, 2.24) is 4.90 Å². The third-order valence-corrected chi connectivity index (χ3v) is 4.33. The molecule has 86 valence electrons. The summed E-state index contributed by atoms with van der Waals surface area (Å²) in [6.07, 6.45) is 4.04. The van der Waals surface area contributed by atoms with Crippen molar-refractivity contribution in [2.75, 3.05) is 18.4 Å². The van der Waals surface area contributed by atoms with Gasteiger partial charge in [-0.1, -0.05) is 15.9 Å². The van der Waals surface area contributed by atoms with Crippen LogP contribution in [0.25, 0.3) is 0 Å². The molecule has 1 aromatic rings. The number of hydrogen-bond donors (Lipinski definition) is 1. The van der Waals surface area contributed by atoms with E-state index in [0.29, 0.717) is 6.04 Å². The van der Waals surface area contributed by atoms with Crippen LogP contribution in [0.4, 0.5) is 5.69 Å². The van der Waals surface area contributed by atoms with E-state index in [2.05, 4.69) is 50.4 Å². The Bertz CT molecular complexity index is 363. The van der Waals surface area contributed by atoms with E-state index in [1.165, 1.54) is 38.0 Å². The molecule has 2 fully saturated rings. The minimum atomic E-state index is 0.656. The zero-order valence-corrected chi connectivity index (χ0v) is 10.9. The lowest BCUT2D eigenvalue weighted by Crippen LogP contribution is -2.33. The van der Waals surface area contributed by atoms with Gasteiger partial charge in [0.1, 0.15) is 0 Å². The number of fused-ring (bicyclic) bond motifs is 1. The van der Waals surface area contributed by atoms with Gasteiger partial charge >= 0.3 is 0 Å². The van der Waals surface area contributed by atoms with Gasteiger partial charge in [0.25, 0.3) is 0 Å². The Hall–Kier alpha value is -0.540. The van der Waals surface area contributed by atoms with E-state index >= 15 is 0 Å². The average molecular weight is 281 g/mol. The summed E-state index contributed by atoms with van der Waals surface area (Å²) >= 11 is 3.47. The van der Waals surface area contributed by atoms with Crippen LogP contribution < -0.4 is 5.32 Å². The summed E-state index contributed by atoms with van der Waals surface area (Å²) in [6, 6.07) is 9.95. The zero-order chi connectivity index (χ0) is 11.0. The number of rotatable bonds is 2. The van der Waals surface area contributed by atoms with Gasteiger partial charge in [-0.25, -0.2) is 0 Å². The van der Waals surface area contributed by atoms with Gasteiger partial charge in [0, 0.05) is 28.8 Å². The molecule has 16 heavy (non-hydrogen) atoms. The predicted octanol–water partition coefficient (Wildman–Crippen LogP) is 3.10. The quantitative estimate of drug-likeness (QED) is 0.896. The van der Waals surface area contributed by atoms with Gasteiger partial charge in [0.15, 0.2) is 0 Å². The van der Waals surface area contributed by atoms with Gasteiger partial charge in [-0.2, -0.15) is 0 Å². The van der Waals surface area contributed by atoms with Crippen LogP contribution in [0.5, 0.6) is 0 Å². The van der Waals surface area contributed by atoms with E-state index in [0.717, 1.165) is 10.5 Å². The fourth-order valence-electron chi connectivity index (χ4n) is 3.01. The monoisotopic (exact) mass is 280 g/mol. The number of halogens is 1. The zero-order valence-electron chi connectivity index (χ0n) is 9.32. The molecule has 2 heterocycles. The highest BCUT2D eigenvalue weighted by molar-refractivity contribution is 9.10. The van der Waals surface area contributed by atoms with Gasteiger partial charge in [0.2, 0.25) is 0 Å². The summed E-state index contributed by atoms with van der Waals surface area (Å²) in [6.45, 7) is 2.59. The van der Waals surface area contributed by atoms with E-state index in [9.17, 15) is 0 Å². The molecule has 1 aromatic carbocycles. The van der Waals surface area contributed by atoms with Crippen molar-refractivity contribution in [2.24, 2.45) is 0 Å². The van der Waals surface area contributed by atoms with Crippen LogP contribution >= 0.6 is 15.9 Å². The van der Waals surface area contributed by atoms with Crippen molar-refractivity contribution in [2.45, 2.75) is 31.3 Å². The second-order valence-corrected chi connectivity index (χ2v) is 5.71. The molecule has 0 amide bonds. The molecule has 2 saturated heterocycles. The molecule has 3 heteroatoms. The summed E-state index contributed by atoms with van der Waals surface area (Å²) in [5.74, 6) is 0. The molecule has 0 saturated carbocycles. The SMILES string of the molecule is Brc1ccc(NC2CCN3CCCC23)cc1. The van der Waals surface area contributed by atoms with Crippen molar-refractivity contribution >= 4 is 21.6 Å². The first-order chi connectivity index (χ1) is 7.83. The van der Waals surface area contributed by atoms with Crippen molar-refractivity contribution < 1.29 is 0 Å². The smallest absolute Gasteiger partial charge is 0.0429 e. The Kier molecular flexibility index (Phi) is 2.90. The number of anilines is 1. The van der Waals surface area contributed by atoms with E-state index in [1.54, 1.807) is 0 Å². The lowest BCUT2D eigenvalue weighted by molar-refractivity contribution is 0.318. The molecule has 0 aliphatic carbocycles. The van der Waals surface area contributed by atoms with E-state index in [1.807, 2.05) is 0 Å². The molecule has 1 N–H and O–H groups in total. The fraction of sp³-hybridized carbons (Fsp3) is 0.538. The van der Waals surface area contributed by atoms with Crippen LogP contribution in [0.3, 0.4) is 0 Å². The molecule has 0 spiro atoms. The molecule has 0 aromatic heterocycles. The first-order valence-electron chi connectivity index (χ1n) is 6.09. The molecule has 2 aliphatic heterocycles. The van der Waals surface area contributed by atoms with Crippen LogP contribution in [-0.2, 0) is 0 Å². The number of benzene rings is 1. The standard InChI is InChI=1S/C13H17BrN2/c14-10-3-5-11(6-4-10)15-12-7-9-16-8-1-2-13(12)16/h3-6,12-13,15H,1-2,7-9H2. The second kappa shape index (κ2) is 4.38. The summed E-state index contributed by atoms with van der Waals surface area (Å²) in [7, 11) is 0. The lowest BCUT2D eigenvalue weighted by atomic mass is 10.1. The van der Waals surface area contributed by atoms with Gasteiger partial charge in [-0.05, 0) is 50.1 Å². The van der Waals surface area contributed by atoms with Crippen molar-refractivity contribution in [3.8, 4) is 0 Å². The molecule has 2 atom stereocenters. The highest BCUT2D eigenvalue weighted by Crippen LogP contribution is 2.30. The van der Waals surface area contributed by atoms with Gasteiger partial charge in [-0.3, -0.25) is 4.90 Å². The predicted molar refractivity (Wildman–Crippen MR) is 70.8 cm³/mol. The molecular weight excluding hydrogens is 264 g/mol. The Morgan fingerprint density at radius 3 is 2.75 bits per heavy atom. The maximum Gasteiger partial charge on any atom is 0.0429 e. The molecule has 2 unspecified atom stereocenters. The third kappa shape index (κ3) is 1.98. The van der Waals surface area contributed by atoms with Gasteiger partial charge in [0.05, 0.1) is 0 Å². The normalized spacial score (nSPS) is 29.3. The van der Waals surface area contributed by atoms with Crippen molar-refractivity contribution in [1.29, 1.82) is 0 Å². The van der Waals surface area contributed by atoms with Crippen LogP contribution in [-0.4, -0.2) is 30.1 Å². The Balaban J connectivity index is 1.68. The minimum absolute atomic E-state index is 0.656. The van der Waals surface area contributed by atoms with Crippen molar-refractivity contribution in [3.05, 3.63) is 28.7 Å². The van der Waals surface area contributed by atoms with Gasteiger partial charge in [-0.15, -0.1) is 0 Å². The van der Waals surface area contributed by atoms with E-state index in [-0.39, 0.29) is 0 Å². The maximum absolute atomic E-state index is 3.68. The molecule has 2 aliphatic rings. The Morgan fingerprint density at radius 1 is 1.12 bits per heavy atom. The lowest BCUT2D eigenvalue weighted by Gasteiger charge is -2.22. The average Bonchev–Trinajstić information content (AvgIpc) is 2.86. The number of nitrogens with one attached hydrogen (secondary N) is 1. The van der Waals surface area contributed by atoms with Gasteiger partial charge < -0.3 is 5.32 Å². The van der Waals surface area contributed by atoms with Crippen LogP contribution in [0, 0.1) is 0 Å². The first-order valence-corrected chi connectivity index (χ1v) is 6.88. The highest BCUT2D eigenvalue weighted by Gasteiger charge is 2.36. The van der Waals surface area contributed by atoms with E-state index in [4.69, 9.17) is 0 Å². The molecule has 0 radical (unpaired) electrons. The highest BCUT2D eigenvalue weighted by atomic mass is 79.9. The molecular formula is C13H17BrN2. The van der Waals surface area contributed by atoms with Crippen LogP contribution in [0.2, 0.25) is 0 Å². The summed E-state index contributed by atoms with van der Waals surface area (Å²) in [4.78, 5) is 2.64. The summed E-state index contributed by atoms with van der Waals surface area (Å²) < 4.78 is 1.15. The van der Waals surface area contributed by atoms with E-state index < -0.39 is 0 Å². The topological polar surface area (TPSA) is 15.3 Å². The maximum atomic E-state index is 3.68. The number of nitrogens with zero attached hydrogens (tertiary/aromatic N) is 1. The van der Waals surface area contributed by atoms with Crippen molar-refractivity contribution in [3.63, 3.8) is 0 Å². The summed E-state index contributed by atoms with van der Waals surface area (Å²) in [5.41, 5.74) is 1.25. The largest absolute Gasteiger partial charge is 0.381 e. The first kappa shape index (κ1) is 10.6. The molecule has 3 rings (SSSR count). The Labute approximate surface area is 105 Å². The minimum Gasteiger partial charge on any atom is -0.381 e. The van der Waals surface area contributed by atoms with Crippen LogP contribution in [0.1, 0.15) is 19.3 Å². The molecule has 2 nitrogen and oxygen atoms in total. The molecule has 0 bridgehead atoms. The van der Waals surface area contributed by atoms with Crippen LogP contribution in [0.15, 0.2) is 28.7 Å². The number of hydrogen-bond acceptors (Lipinski definition) is 2. The Morgan fingerprint density at radius 2 is 1.94 bits per heavy atom. The second-order valence-electron chi connectivity index (χ2n) is 4.79. The fourth-order valence-corrected chi connectivity index (χ4v) is 3.28. The summed E-state index contributed by atoms with van der Waals surface area (Å²) in [5, 5.41) is 3.68.